The third-order valence-electron chi connectivity index (χ3n) is 3.40. The number of azo groups is 1. The molecule has 0 fully saturated rings. The topological polar surface area (TPSA) is 24.7 Å². The Morgan fingerprint density at radius 2 is 1.60 bits per heavy atom. The van der Waals surface area contributed by atoms with Crippen LogP contribution >= 0.6 is 0 Å². The molecule has 2 aromatic carbocycles. The normalized spacial score (nSPS) is 14.4. The number of hydrogen-bond acceptors (Lipinski definition) is 2. The van der Waals surface area contributed by atoms with Crippen LogP contribution in [0.15, 0.2) is 83.1 Å². The Morgan fingerprint density at radius 3 is 2.35 bits per heavy atom. The van der Waals surface area contributed by atoms with E-state index in [4.69, 9.17) is 0 Å². The Kier molecular flexibility index (Phi) is 3.55. The van der Waals surface area contributed by atoms with Gasteiger partial charge in [0.1, 0.15) is 0 Å². The van der Waals surface area contributed by atoms with E-state index < -0.39 is 0 Å². The van der Waals surface area contributed by atoms with Gasteiger partial charge in [-0.05, 0) is 36.2 Å². The molecule has 0 amide bonds. The van der Waals surface area contributed by atoms with E-state index >= 15 is 0 Å². The summed E-state index contributed by atoms with van der Waals surface area (Å²) in [6, 6.07) is 16.2. The highest BCUT2D eigenvalue weighted by atomic mass is 15.1. The fraction of sp³-hybridized carbons (Fsp3) is 0.111. The maximum absolute atomic E-state index is 4.38. The van der Waals surface area contributed by atoms with Crippen molar-refractivity contribution in [2.24, 2.45) is 10.2 Å². The van der Waals surface area contributed by atoms with E-state index in [0.717, 1.165) is 16.9 Å². The van der Waals surface area contributed by atoms with Crippen molar-refractivity contribution in [1.29, 1.82) is 0 Å². The van der Waals surface area contributed by atoms with Crippen molar-refractivity contribution in [1.82, 2.24) is 0 Å². The van der Waals surface area contributed by atoms with E-state index in [0.29, 0.717) is 5.92 Å². The first-order valence-corrected chi connectivity index (χ1v) is 6.75. The quantitative estimate of drug-likeness (QED) is 0.640. The number of rotatable bonds is 3. The Morgan fingerprint density at radius 1 is 0.850 bits per heavy atom. The smallest absolute Gasteiger partial charge is 0.0889 e. The molecule has 2 aromatic rings. The first kappa shape index (κ1) is 12.5. The average molecular weight is 260 g/mol. The summed E-state index contributed by atoms with van der Waals surface area (Å²) >= 11 is 0. The molecule has 0 heterocycles. The van der Waals surface area contributed by atoms with Crippen LogP contribution in [0.25, 0.3) is 0 Å². The molecule has 1 aliphatic carbocycles. The molecule has 0 saturated heterocycles. The summed E-state index contributed by atoms with van der Waals surface area (Å²) in [6.45, 7) is 2.06. The zero-order chi connectivity index (χ0) is 13.8. The van der Waals surface area contributed by atoms with E-state index in [-0.39, 0.29) is 0 Å². The predicted octanol–water partition coefficient (Wildman–Crippen LogP) is 5.62. The summed E-state index contributed by atoms with van der Waals surface area (Å²) in [5, 5.41) is 8.68. The maximum atomic E-state index is 4.38. The van der Waals surface area contributed by atoms with E-state index in [9.17, 15) is 0 Å². The second kappa shape index (κ2) is 5.66. The number of hydrogen-bond donors (Lipinski definition) is 0. The monoisotopic (exact) mass is 260 g/mol. The zero-order valence-electron chi connectivity index (χ0n) is 11.4. The van der Waals surface area contributed by atoms with Crippen molar-refractivity contribution in [3.05, 3.63) is 84.0 Å². The zero-order valence-corrected chi connectivity index (χ0v) is 11.4. The van der Waals surface area contributed by atoms with Gasteiger partial charge in [-0.1, -0.05) is 54.6 Å². The van der Waals surface area contributed by atoms with Gasteiger partial charge in [-0.15, -0.1) is 0 Å². The van der Waals surface area contributed by atoms with Gasteiger partial charge < -0.3 is 0 Å². The molecule has 2 heteroatoms. The van der Waals surface area contributed by atoms with Gasteiger partial charge in [0.05, 0.1) is 11.4 Å². The largest absolute Gasteiger partial charge is 0.151 e. The van der Waals surface area contributed by atoms with Gasteiger partial charge in [0, 0.05) is 5.92 Å². The first-order chi connectivity index (χ1) is 9.83. The lowest BCUT2D eigenvalue weighted by molar-refractivity contribution is 1.09. The fourth-order valence-corrected chi connectivity index (χ4v) is 2.20. The molecule has 0 aliphatic heterocycles. The minimum atomic E-state index is 0.362. The van der Waals surface area contributed by atoms with Crippen LogP contribution in [-0.4, -0.2) is 0 Å². The van der Waals surface area contributed by atoms with Crippen LogP contribution in [0.4, 0.5) is 11.4 Å². The molecule has 20 heavy (non-hydrogen) atoms. The minimum Gasteiger partial charge on any atom is -0.151 e. The molecule has 0 aromatic heterocycles. The molecule has 0 saturated carbocycles. The molecule has 1 aliphatic rings. The number of aryl methyl sites for hydroxylation is 1. The van der Waals surface area contributed by atoms with Crippen molar-refractivity contribution in [2.45, 2.75) is 12.8 Å². The van der Waals surface area contributed by atoms with Gasteiger partial charge in [0.2, 0.25) is 0 Å². The van der Waals surface area contributed by atoms with Gasteiger partial charge in [0.25, 0.3) is 0 Å². The third kappa shape index (κ3) is 2.75. The van der Waals surface area contributed by atoms with E-state index in [1.54, 1.807) is 0 Å². The molecule has 0 atom stereocenters. The molecule has 0 unspecified atom stereocenters. The fourth-order valence-electron chi connectivity index (χ4n) is 2.20. The Hall–Kier alpha value is -2.48. The van der Waals surface area contributed by atoms with Gasteiger partial charge in [-0.25, -0.2) is 0 Å². The molecule has 2 nitrogen and oxygen atoms in total. The average Bonchev–Trinajstić information content (AvgIpc) is 3.02. The lowest BCUT2D eigenvalue weighted by Crippen LogP contribution is -1.89. The van der Waals surface area contributed by atoms with Crippen LogP contribution in [0.1, 0.15) is 17.0 Å². The first-order valence-electron chi connectivity index (χ1n) is 6.75. The highest BCUT2D eigenvalue weighted by Gasteiger charge is 2.08. The van der Waals surface area contributed by atoms with Crippen molar-refractivity contribution in [2.75, 3.05) is 0 Å². The molecule has 0 N–H and O–H groups in total. The van der Waals surface area contributed by atoms with Crippen LogP contribution in [0.5, 0.6) is 0 Å². The highest BCUT2D eigenvalue weighted by molar-refractivity contribution is 5.51. The van der Waals surface area contributed by atoms with Crippen LogP contribution in [-0.2, 0) is 0 Å². The molecular formula is C18H16N2. The van der Waals surface area contributed by atoms with Gasteiger partial charge >= 0.3 is 0 Å². The Balaban J connectivity index is 1.89. The third-order valence-corrected chi connectivity index (χ3v) is 3.40. The second-order valence-corrected chi connectivity index (χ2v) is 4.88. The van der Waals surface area contributed by atoms with E-state index in [1.165, 1.54) is 5.56 Å². The Labute approximate surface area is 119 Å². The van der Waals surface area contributed by atoms with Crippen molar-refractivity contribution >= 4 is 11.4 Å². The molecule has 0 spiro atoms. The van der Waals surface area contributed by atoms with Gasteiger partial charge in [-0.3, -0.25) is 0 Å². The number of allylic oxidation sites excluding steroid dienone is 4. The summed E-state index contributed by atoms with van der Waals surface area (Å²) in [4.78, 5) is 0. The van der Waals surface area contributed by atoms with Crippen LogP contribution in [0.2, 0.25) is 0 Å². The lowest BCUT2D eigenvalue weighted by Gasteiger charge is -2.08. The summed E-state index contributed by atoms with van der Waals surface area (Å²) < 4.78 is 0. The molecule has 98 valence electrons. The van der Waals surface area contributed by atoms with Crippen molar-refractivity contribution < 1.29 is 0 Å². The van der Waals surface area contributed by atoms with E-state index in [1.807, 2.05) is 30.3 Å². The SMILES string of the molecule is Cc1ccc(C2C=CC=C2)cc1N=Nc1ccccc1. The molecule has 0 bridgehead atoms. The summed E-state index contributed by atoms with van der Waals surface area (Å²) in [6.07, 6.45) is 8.52. The lowest BCUT2D eigenvalue weighted by atomic mass is 9.99. The standard InChI is InChI=1S/C18H16N2/c1-14-11-12-16(15-7-5-6-8-15)13-18(14)20-19-17-9-3-2-4-10-17/h2-13,15H,1H3. The van der Waals surface area contributed by atoms with Crippen molar-refractivity contribution in [3.63, 3.8) is 0 Å². The second-order valence-electron chi connectivity index (χ2n) is 4.88. The number of nitrogens with zero attached hydrogens (tertiary/aromatic N) is 2. The molecule has 3 rings (SSSR count). The molecule has 0 radical (unpaired) electrons. The summed E-state index contributed by atoms with van der Waals surface area (Å²) in [5.41, 5.74) is 4.19. The van der Waals surface area contributed by atoms with Crippen molar-refractivity contribution in [3.8, 4) is 0 Å². The van der Waals surface area contributed by atoms with E-state index in [2.05, 4.69) is 59.7 Å². The maximum Gasteiger partial charge on any atom is 0.0889 e. The minimum absolute atomic E-state index is 0.362. The van der Waals surface area contributed by atoms with Crippen LogP contribution < -0.4 is 0 Å². The summed E-state index contributed by atoms with van der Waals surface area (Å²) in [7, 11) is 0. The van der Waals surface area contributed by atoms with Gasteiger partial charge in [0.15, 0.2) is 0 Å². The van der Waals surface area contributed by atoms with Crippen LogP contribution in [0, 0.1) is 6.92 Å². The summed E-state index contributed by atoms with van der Waals surface area (Å²) in [5.74, 6) is 0.362. The predicted molar refractivity (Wildman–Crippen MR) is 82.8 cm³/mol. The van der Waals surface area contributed by atoms with Crippen LogP contribution in [0.3, 0.4) is 0 Å². The highest BCUT2D eigenvalue weighted by Crippen LogP contribution is 2.29. The molecular weight excluding hydrogens is 244 g/mol. The number of benzene rings is 2. The van der Waals surface area contributed by atoms with Gasteiger partial charge in [-0.2, -0.15) is 10.2 Å². The Bertz CT molecular complexity index is 670.